The highest BCUT2D eigenvalue weighted by atomic mass is 31.2. The van der Waals surface area contributed by atoms with Gasteiger partial charge in [-0.25, -0.2) is 0 Å². The summed E-state index contributed by atoms with van der Waals surface area (Å²) in [6, 6.07) is 13.2. The predicted molar refractivity (Wildman–Crippen MR) is 161 cm³/mol. The molecule has 0 amide bonds. The van der Waals surface area contributed by atoms with Gasteiger partial charge >= 0.3 is 8.60 Å². The Balaban J connectivity index is 2.37. The van der Waals surface area contributed by atoms with Crippen LogP contribution in [0.5, 0.6) is 11.5 Å². The molecule has 3 nitrogen and oxygen atoms in total. The summed E-state index contributed by atoms with van der Waals surface area (Å²) in [5, 5.41) is 0. The summed E-state index contributed by atoms with van der Waals surface area (Å²) >= 11 is 0. The standard InChI is InChI=1S/C33H53O3P/c1-30(2,3)20-24-14-16-28(26(18-24)22-32(7,8)9)35-37(34-13)36-29-17-15-25(21-31(4,5)6)19-27(29)23-33(10,11)12/h14-19H,20-23H2,1-13H3. The molecule has 4 heteroatoms. The summed E-state index contributed by atoms with van der Waals surface area (Å²) in [5.74, 6) is 1.70. The van der Waals surface area contributed by atoms with Crippen LogP contribution < -0.4 is 9.05 Å². The van der Waals surface area contributed by atoms with Crippen molar-refractivity contribution in [3.05, 3.63) is 58.7 Å². The predicted octanol–water partition coefficient (Wildman–Crippen LogP) is 10.4. The van der Waals surface area contributed by atoms with Crippen molar-refractivity contribution in [1.82, 2.24) is 0 Å². The Morgan fingerprint density at radius 2 is 0.838 bits per heavy atom. The highest BCUT2D eigenvalue weighted by Crippen LogP contribution is 2.45. The Kier molecular flexibility index (Phi) is 10.3. The Bertz CT molecular complexity index is 932. The lowest BCUT2D eigenvalue weighted by Gasteiger charge is -2.26. The molecule has 0 aliphatic rings. The van der Waals surface area contributed by atoms with E-state index in [9.17, 15) is 0 Å². The highest BCUT2D eigenvalue weighted by molar-refractivity contribution is 7.42. The van der Waals surface area contributed by atoms with E-state index in [1.165, 1.54) is 22.3 Å². The maximum absolute atomic E-state index is 6.45. The van der Waals surface area contributed by atoms with Crippen molar-refractivity contribution in [2.75, 3.05) is 7.11 Å². The van der Waals surface area contributed by atoms with Gasteiger partial charge in [-0.1, -0.05) is 107 Å². The summed E-state index contributed by atoms with van der Waals surface area (Å²) in [4.78, 5) is 0. The average molecular weight is 529 g/mol. The van der Waals surface area contributed by atoms with Crippen molar-refractivity contribution >= 4 is 8.60 Å². The summed E-state index contributed by atoms with van der Waals surface area (Å²) < 4.78 is 18.7. The molecule has 0 heterocycles. The van der Waals surface area contributed by atoms with Crippen molar-refractivity contribution in [3.63, 3.8) is 0 Å². The zero-order valence-corrected chi connectivity index (χ0v) is 26.9. The van der Waals surface area contributed by atoms with E-state index in [2.05, 4.69) is 119 Å². The number of rotatable bonds is 9. The molecule has 0 radical (unpaired) electrons. The molecule has 2 rings (SSSR count). The molecule has 0 atom stereocenters. The molecule has 0 saturated heterocycles. The molecular formula is C33H53O3P. The smallest absolute Gasteiger partial charge is 0.417 e. The van der Waals surface area contributed by atoms with E-state index >= 15 is 0 Å². The third kappa shape index (κ3) is 12.2. The van der Waals surface area contributed by atoms with E-state index < -0.39 is 8.60 Å². The van der Waals surface area contributed by atoms with Gasteiger partial charge in [0, 0.05) is 7.11 Å². The SMILES string of the molecule is COP(Oc1ccc(CC(C)(C)C)cc1CC(C)(C)C)Oc1ccc(CC(C)(C)C)cc1CC(C)(C)C. The number of hydrogen-bond donors (Lipinski definition) is 0. The van der Waals surface area contributed by atoms with Crippen LogP contribution in [0.15, 0.2) is 36.4 Å². The maximum Gasteiger partial charge on any atom is 0.462 e. The molecule has 208 valence electrons. The Morgan fingerprint density at radius 1 is 0.514 bits per heavy atom. The monoisotopic (exact) mass is 528 g/mol. The van der Waals surface area contributed by atoms with Crippen LogP contribution in [-0.4, -0.2) is 7.11 Å². The maximum atomic E-state index is 6.45. The molecule has 0 spiro atoms. The third-order valence-electron chi connectivity index (χ3n) is 5.66. The first-order chi connectivity index (χ1) is 16.7. The average Bonchev–Trinajstić information content (AvgIpc) is 2.66. The molecule has 0 aliphatic heterocycles. The van der Waals surface area contributed by atoms with Gasteiger partial charge in [0.25, 0.3) is 0 Å². The van der Waals surface area contributed by atoms with Crippen LogP contribution in [0, 0.1) is 21.7 Å². The first-order valence-corrected chi connectivity index (χ1v) is 14.8. The second-order valence-corrected chi connectivity index (χ2v) is 16.6. The molecule has 0 N–H and O–H groups in total. The fraction of sp³-hybridized carbons (Fsp3) is 0.636. The number of benzene rings is 2. The van der Waals surface area contributed by atoms with Crippen LogP contribution in [-0.2, 0) is 30.2 Å². The molecular weight excluding hydrogens is 475 g/mol. The van der Waals surface area contributed by atoms with Gasteiger partial charge < -0.3 is 9.05 Å². The van der Waals surface area contributed by atoms with Crippen molar-refractivity contribution < 1.29 is 13.6 Å². The van der Waals surface area contributed by atoms with Crippen molar-refractivity contribution in [2.45, 2.75) is 109 Å². The molecule has 0 fully saturated rings. The number of hydrogen-bond acceptors (Lipinski definition) is 3. The Hall–Kier alpha value is -1.57. The van der Waals surface area contributed by atoms with Crippen molar-refractivity contribution in [3.8, 4) is 11.5 Å². The minimum atomic E-state index is -1.60. The topological polar surface area (TPSA) is 27.7 Å². The van der Waals surface area contributed by atoms with Crippen molar-refractivity contribution in [1.29, 1.82) is 0 Å². The first kappa shape index (κ1) is 31.6. The first-order valence-electron chi connectivity index (χ1n) is 13.7. The molecule has 2 aromatic carbocycles. The van der Waals surface area contributed by atoms with Gasteiger partial charge in [-0.15, -0.1) is 0 Å². The molecule has 0 saturated carbocycles. The highest BCUT2D eigenvalue weighted by Gasteiger charge is 2.24. The summed E-state index contributed by atoms with van der Waals surface area (Å²) in [7, 11) is 0.0677. The lowest BCUT2D eigenvalue weighted by molar-refractivity contribution is 0.316. The van der Waals surface area contributed by atoms with E-state index in [1.807, 2.05) is 0 Å². The van der Waals surface area contributed by atoms with Gasteiger partial charge in [0.05, 0.1) is 0 Å². The lowest BCUT2D eigenvalue weighted by Crippen LogP contribution is -2.14. The van der Waals surface area contributed by atoms with E-state index in [1.54, 1.807) is 7.11 Å². The van der Waals surface area contributed by atoms with Gasteiger partial charge in [-0.2, -0.15) is 0 Å². The van der Waals surface area contributed by atoms with Crippen LogP contribution in [0.1, 0.15) is 105 Å². The van der Waals surface area contributed by atoms with Crippen LogP contribution >= 0.6 is 8.60 Å². The van der Waals surface area contributed by atoms with E-state index in [0.717, 1.165) is 37.2 Å². The summed E-state index contributed by atoms with van der Waals surface area (Å²) in [6.07, 6.45) is 3.89. The van der Waals surface area contributed by atoms with E-state index in [4.69, 9.17) is 13.6 Å². The second-order valence-electron chi connectivity index (χ2n) is 15.4. The largest absolute Gasteiger partial charge is 0.462 e. The van der Waals surface area contributed by atoms with Crippen molar-refractivity contribution in [2.24, 2.45) is 21.7 Å². The Morgan fingerprint density at radius 3 is 1.11 bits per heavy atom. The van der Waals surface area contributed by atoms with Gasteiger partial charge in [0.1, 0.15) is 11.5 Å². The fourth-order valence-electron chi connectivity index (χ4n) is 4.56. The minimum absolute atomic E-state index is 0.137. The zero-order valence-electron chi connectivity index (χ0n) is 26.0. The van der Waals surface area contributed by atoms with Crippen LogP contribution in [0.25, 0.3) is 0 Å². The molecule has 0 bridgehead atoms. The van der Waals surface area contributed by atoms with Crippen LogP contribution in [0.2, 0.25) is 0 Å². The van der Waals surface area contributed by atoms with Crippen LogP contribution in [0.4, 0.5) is 0 Å². The van der Waals surface area contributed by atoms with E-state index in [-0.39, 0.29) is 21.7 Å². The zero-order chi connectivity index (χ0) is 28.2. The minimum Gasteiger partial charge on any atom is -0.417 e. The molecule has 2 aromatic rings. The lowest BCUT2D eigenvalue weighted by atomic mass is 9.84. The Labute approximate surface area is 229 Å². The third-order valence-corrected chi connectivity index (χ3v) is 6.64. The fourth-order valence-corrected chi connectivity index (χ4v) is 5.42. The van der Waals surface area contributed by atoms with Gasteiger partial charge in [0.2, 0.25) is 0 Å². The summed E-state index contributed by atoms with van der Waals surface area (Å²) in [5.41, 5.74) is 5.82. The van der Waals surface area contributed by atoms with Gasteiger partial charge in [0.15, 0.2) is 0 Å². The van der Waals surface area contributed by atoms with Gasteiger partial charge in [-0.05, 0) is 81.7 Å². The summed E-state index contributed by atoms with van der Waals surface area (Å²) in [6.45, 7) is 27.3. The molecule has 0 aliphatic carbocycles. The normalized spacial score (nSPS) is 13.2. The molecule has 0 unspecified atom stereocenters. The molecule has 0 aromatic heterocycles. The quantitative estimate of drug-likeness (QED) is 0.303. The van der Waals surface area contributed by atoms with Crippen LogP contribution in [0.3, 0.4) is 0 Å². The van der Waals surface area contributed by atoms with E-state index in [0.29, 0.717) is 0 Å². The van der Waals surface area contributed by atoms with Gasteiger partial charge in [-0.3, -0.25) is 4.52 Å². The molecule has 37 heavy (non-hydrogen) atoms. The second kappa shape index (κ2) is 12.1.